The van der Waals surface area contributed by atoms with Crippen LogP contribution < -0.4 is 11.5 Å². The number of nitrogens with two attached hydrogens (primary N) is 2. The van der Waals surface area contributed by atoms with E-state index >= 15 is 0 Å². The van der Waals surface area contributed by atoms with E-state index in [0.29, 0.717) is 24.0 Å². The largest absolute Gasteiger partial charge is 0.492 e. The SMILES string of the molecule is COC(=N)c1ccccc1.C[C@]12CC[C@H]([C@H](Br)C1=O)[C@@]2(C)CS(=O)(=O)O.C[C@]12CC[C@H]([C@H](Br)C1=O)[C@@]2(C)CS(=O)(=O)O.Cl.Cl.[2H]C([2H])(O)C([2H])(N)C(=O)O.[2H]C([2H])(O)C([2H])(N)C(=O)OC(C)C.[2H]C1([2H])OC(c2ccccc2)=C[C@@]1([2H])C(=O)OC(C)C.[2H]C1([2H])OC(c2ccccc2)=NC1([2H])C(=O)OC(C)C. The van der Waals surface area contributed by atoms with Gasteiger partial charge in [-0.25, -0.2) is 9.79 Å². The normalized spacial score (nSPS) is 31.5. The summed E-state index contributed by atoms with van der Waals surface area (Å²) in [6.45, 7) is 5.43. The number of aliphatic imine (C=N–C) groups is 1. The molecule has 6 aliphatic rings. The van der Waals surface area contributed by atoms with Crippen LogP contribution in [0.2, 0.25) is 0 Å². The smallest absolute Gasteiger partial charge is 0.334 e. The molecule has 4 bridgehead atoms. The first kappa shape index (κ1) is 68.1. The summed E-state index contributed by atoms with van der Waals surface area (Å²) < 4.78 is 179. The summed E-state index contributed by atoms with van der Waals surface area (Å²) in [6, 6.07) is 18.5. The van der Waals surface area contributed by atoms with Crippen molar-refractivity contribution in [1.29, 1.82) is 5.41 Å². The molecule has 3 aromatic carbocycles. The number of benzene rings is 3. The number of rotatable bonds is 16. The van der Waals surface area contributed by atoms with Gasteiger partial charge in [0.05, 0.1) is 76.1 Å². The number of ether oxygens (including phenoxy) is 6. The highest BCUT2D eigenvalue weighted by molar-refractivity contribution is 9.10. The number of fused-ring (bicyclic) bond motifs is 4. The number of Topliss-reactive ketones (excluding diaryl/α,β-unsaturated/α-hetero) is 2. The molecule has 0 amide bonds. The Balaban J connectivity index is 0.000000631. The summed E-state index contributed by atoms with van der Waals surface area (Å²) in [7, 11) is -6.60. The van der Waals surface area contributed by atoms with Crippen LogP contribution in [0, 0.1) is 44.8 Å². The minimum atomic E-state index is -4.05. The van der Waals surface area contributed by atoms with E-state index < -0.39 is 134 Å². The van der Waals surface area contributed by atoms with Crippen molar-refractivity contribution in [3.05, 3.63) is 114 Å². The van der Waals surface area contributed by atoms with Crippen molar-refractivity contribution in [1.82, 2.24) is 0 Å². The maximum atomic E-state index is 12.1. The van der Waals surface area contributed by atoms with Crippen molar-refractivity contribution in [2.24, 2.45) is 55.8 Å². The van der Waals surface area contributed by atoms with Crippen LogP contribution in [0.1, 0.15) is 128 Å². The van der Waals surface area contributed by atoms with Gasteiger partial charge >= 0.3 is 23.9 Å². The molecular weight excluding hydrogens is 1460 g/mol. The van der Waals surface area contributed by atoms with Gasteiger partial charge in [0, 0.05) is 38.4 Å². The maximum absolute atomic E-state index is 12.1. The zero-order valence-corrected chi connectivity index (χ0v) is 60.2. The number of hydrogen-bond acceptors (Lipinski definition) is 22. The number of ketones is 2. The van der Waals surface area contributed by atoms with Gasteiger partial charge in [-0.2, -0.15) is 16.8 Å². The zero-order chi connectivity index (χ0) is 81.5. The molecule has 12 atom stereocenters. The lowest BCUT2D eigenvalue weighted by molar-refractivity contribution is -0.151. The minimum absolute atomic E-state index is 0. The van der Waals surface area contributed by atoms with Crippen LogP contribution in [-0.4, -0.2) is 179 Å². The molecule has 3 unspecified atom stereocenters. The molecule has 4 fully saturated rings. The summed E-state index contributed by atoms with van der Waals surface area (Å²) in [5.74, 6) is -7.62. The Morgan fingerprint density at radius 3 is 1.44 bits per heavy atom. The molecular formula is C64H92Br2Cl2N4O21S2. The van der Waals surface area contributed by atoms with Gasteiger partial charge in [-0.05, 0) is 109 Å². The highest BCUT2D eigenvalue weighted by Crippen LogP contribution is 2.67. The highest BCUT2D eigenvalue weighted by Gasteiger charge is 2.70. The Labute approximate surface area is 602 Å². The first-order valence-corrected chi connectivity index (χ1v) is 33.6. The molecule has 2 aliphatic heterocycles. The third kappa shape index (κ3) is 24.5. The van der Waals surface area contributed by atoms with Crippen LogP contribution >= 0.6 is 56.7 Å². The highest BCUT2D eigenvalue weighted by atomic mass is 79.9. The van der Waals surface area contributed by atoms with Crippen LogP contribution in [-0.2, 0) is 77.4 Å². The van der Waals surface area contributed by atoms with Gasteiger partial charge in [0.1, 0.15) is 36.8 Å². The number of alkyl halides is 2. The van der Waals surface area contributed by atoms with Crippen LogP contribution in [0.5, 0.6) is 0 Å². The lowest BCUT2D eigenvalue weighted by Crippen LogP contribution is -2.40. The standard InChI is InChI=1S/C14H16O3.C13H15NO3.2C10H15BrO4S.C8H9NO.C6H13NO3.C3H7NO3.2ClH/c1-10(2)17-14(15)12-8-13(16-9-12)11-6-4-3-5-7-11;1-9(2)17-13(15)11-8-16-12(14-11)10-6-4-3-5-7-10;2*1-9-4-3-6(7(11)8(9)12)10(9,2)5-16(13,14)15;1-10-8(9)7-5-3-2-4-6-7;1-4(2)10-6(9)5(7)3-8;4-2(1-5)3(6)7;;/h3-8,10,12H,9H2,1-2H3;3-7,9,11H,8H2,1-2H3;2*6-7H,3-5H2,1-2H3,(H,13,14,15);2-6,9H,1H3;4-5,8H,3,7H2,1-2H3;2,5H,1,4H2,(H,6,7);2*1H/t12-;;2*6-,7+,9+,10-;;;;;/m1.11...../s1/i9D2,12D;8D2,11D;;;;3D2,5D;1D2,2D;;. The molecule has 0 radical (unpaired) electrons. The number of carboxylic acids is 1. The Kier molecular flexibility index (Phi) is 27.7. The molecule has 0 aromatic heterocycles. The number of carboxylic acid groups (broad SMARTS) is 1. The Hall–Kier alpha value is -5.44. The van der Waals surface area contributed by atoms with E-state index in [4.69, 9.17) is 75.7 Å². The molecule has 4 aliphatic carbocycles. The number of methoxy groups -OCH3 is 1. The van der Waals surface area contributed by atoms with Gasteiger partial charge in [0.2, 0.25) is 11.8 Å². The fourth-order valence-electron chi connectivity index (χ4n) is 10.7. The fourth-order valence-corrected chi connectivity index (χ4v) is 16.0. The monoisotopic (exact) mass is 1560 g/mol. The van der Waals surface area contributed by atoms with E-state index in [1.165, 1.54) is 27.0 Å². The van der Waals surface area contributed by atoms with Gasteiger partial charge in [-0.1, -0.05) is 126 Å². The second-order valence-corrected chi connectivity index (χ2v) is 28.1. The van der Waals surface area contributed by atoms with Crippen LogP contribution in [0.3, 0.4) is 0 Å². The predicted molar refractivity (Wildman–Crippen MR) is 369 cm³/mol. The Morgan fingerprint density at radius 1 is 0.695 bits per heavy atom. The average molecular weight is 1560 g/mol. The summed E-state index contributed by atoms with van der Waals surface area (Å²) in [4.78, 5) is 72.3. The van der Waals surface area contributed by atoms with Crippen molar-refractivity contribution in [3.63, 3.8) is 0 Å². The number of aliphatic carboxylic acids is 1. The van der Waals surface area contributed by atoms with E-state index in [0.717, 1.165) is 18.4 Å². The molecule has 534 valence electrons. The first-order chi connectivity index (χ1) is 47.4. The second-order valence-electron chi connectivity index (χ2n) is 23.2. The summed E-state index contributed by atoms with van der Waals surface area (Å²) in [5.41, 5.74) is 8.92. The number of esters is 3. The van der Waals surface area contributed by atoms with E-state index in [1.807, 2.05) is 50.2 Å². The molecule has 9 rings (SSSR count). The third-order valence-electron chi connectivity index (χ3n) is 15.8. The number of aliphatic hydroxyl groups is 2. The van der Waals surface area contributed by atoms with Gasteiger partial charge in [-0.15, -0.1) is 24.8 Å². The molecule has 95 heavy (non-hydrogen) atoms. The fraction of sp³-hybridized carbons (Fsp3) is 0.562. The van der Waals surface area contributed by atoms with E-state index in [-0.39, 0.29) is 86.9 Å². The Bertz CT molecular complexity index is 3750. The molecule has 4 saturated carbocycles. The third-order valence-corrected chi connectivity index (χ3v) is 19.8. The second kappa shape index (κ2) is 38.6. The zero-order valence-electron chi connectivity index (χ0n) is 65.8. The summed E-state index contributed by atoms with van der Waals surface area (Å²) in [6.07, 6.45) is 2.88. The number of carbonyl (C=O) groups excluding carboxylic acids is 5. The lowest BCUT2D eigenvalue weighted by atomic mass is 9.70. The molecule has 0 saturated heterocycles. The molecule has 0 spiro atoms. The molecule has 2 heterocycles. The molecule has 10 N–H and O–H groups in total. The maximum Gasteiger partial charge on any atom is 0.334 e. The minimum Gasteiger partial charge on any atom is -0.492 e. The topological polar surface area (TPSA) is 415 Å². The van der Waals surface area contributed by atoms with E-state index in [2.05, 4.69) is 47.3 Å². The van der Waals surface area contributed by atoms with Crippen molar-refractivity contribution in [3.8, 4) is 0 Å². The summed E-state index contributed by atoms with van der Waals surface area (Å²) in [5, 5.41) is 32.4. The van der Waals surface area contributed by atoms with Gasteiger partial charge < -0.3 is 55.2 Å². The summed E-state index contributed by atoms with van der Waals surface area (Å²) >= 11 is 6.71. The molecule has 31 heteroatoms. The average Bonchev–Trinajstić information content (AvgIpc) is 1.54. The van der Waals surface area contributed by atoms with Crippen LogP contribution in [0.15, 0.2) is 102 Å². The van der Waals surface area contributed by atoms with Crippen molar-refractivity contribution >= 4 is 130 Å². The van der Waals surface area contributed by atoms with E-state index in [9.17, 15) is 45.6 Å². The quantitative estimate of drug-likeness (QED) is 0.0169. The van der Waals surface area contributed by atoms with Crippen LogP contribution in [0.25, 0.3) is 5.76 Å². The van der Waals surface area contributed by atoms with E-state index in [1.54, 1.807) is 96.1 Å². The number of nitrogens with zero attached hydrogens (tertiary/aromatic N) is 1. The number of hydrogen-bond donors (Lipinski definition) is 8. The van der Waals surface area contributed by atoms with Crippen molar-refractivity contribution in [2.75, 3.05) is 44.9 Å². The van der Waals surface area contributed by atoms with Gasteiger partial charge in [0.25, 0.3) is 20.2 Å². The predicted octanol–water partition coefficient (Wildman–Crippen LogP) is 7.85. The van der Waals surface area contributed by atoms with Crippen molar-refractivity contribution < 1.29 is 115 Å². The first-order valence-electron chi connectivity index (χ1n) is 34.5. The number of halogens is 4. The van der Waals surface area contributed by atoms with Gasteiger partial charge in [-0.3, -0.25) is 38.5 Å². The van der Waals surface area contributed by atoms with Crippen molar-refractivity contribution in [2.45, 2.75) is 141 Å². The number of nitrogens with one attached hydrogen (secondary N) is 1. The van der Waals surface area contributed by atoms with Gasteiger partial charge in [0.15, 0.2) is 17.6 Å². The molecule has 25 nitrogen and oxygen atoms in total. The molecule has 3 aromatic rings. The number of carbonyl (C=O) groups is 6. The van der Waals surface area contributed by atoms with Crippen LogP contribution in [0.4, 0.5) is 0 Å². The lowest BCUT2D eigenvalue weighted by Gasteiger charge is -2.35. The Morgan fingerprint density at radius 2 is 1.09 bits per heavy atom.